The number of hydrogen-bond acceptors (Lipinski definition) is 5. The van der Waals surface area contributed by atoms with Gasteiger partial charge in [0.05, 0.1) is 22.8 Å². The Morgan fingerprint density at radius 3 is 2.40 bits per heavy atom. The number of nitrogens with zero attached hydrogens (tertiary/aromatic N) is 2. The molecule has 0 saturated carbocycles. The Kier molecular flexibility index (Phi) is 6.38. The number of thiol groups is 1. The summed E-state index contributed by atoms with van der Waals surface area (Å²) in [6.07, 6.45) is -2.78. The quantitative estimate of drug-likeness (QED) is 0.239. The van der Waals surface area contributed by atoms with Crippen LogP contribution in [0.4, 0.5) is 18.9 Å². The monoisotopic (exact) mass is 384 g/mol. The topological polar surface area (TPSA) is 49.3 Å². The van der Waals surface area contributed by atoms with Gasteiger partial charge in [-0.05, 0) is 43.3 Å². The SMILES string of the molecule is CC(=NNCS)c1ccc(C(=S)Nc2ccc(C(F)(F)F)cc2)cn1. The van der Waals surface area contributed by atoms with Crippen LogP contribution >= 0.6 is 24.8 Å². The van der Waals surface area contributed by atoms with Crippen LogP contribution in [0.5, 0.6) is 0 Å². The highest BCUT2D eigenvalue weighted by atomic mass is 32.1. The smallest absolute Gasteiger partial charge is 0.346 e. The molecule has 0 aliphatic carbocycles. The van der Waals surface area contributed by atoms with Crippen molar-refractivity contribution in [1.82, 2.24) is 10.4 Å². The van der Waals surface area contributed by atoms with Gasteiger partial charge >= 0.3 is 6.18 Å². The molecule has 0 atom stereocenters. The zero-order valence-corrected chi connectivity index (χ0v) is 14.8. The number of pyridine rings is 1. The van der Waals surface area contributed by atoms with E-state index >= 15 is 0 Å². The highest BCUT2D eigenvalue weighted by Gasteiger charge is 2.29. The summed E-state index contributed by atoms with van der Waals surface area (Å²) in [6.45, 7) is 1.80. The Morgan fingerprint density at radius 2 is 1.88 bits per heavy atom. The lowest BCUT2D eigenvalue weighted by atomic mass is 10.2. The Hall–Kier alpha value is -2.13. The molecule has 0 aliphatic rings. The molecule has 132 valence electrons. The molecule has 2 N–H and O–H groups in total. The third kappa shape index (κ3) is 5.43. The van der Waals surface area contributed by atoms with E-state index < -0.39 is 11.7 Å². The summed E-state index contributed by atoms with van der Waals surface area (Å²) >= 11 is 9.26. The van der Waals surface area contributed by atoms with Crippen molar-refractivity contribution in [3.05, 3.63) is 59.4 Å². The average molecular weight is 384 g/mol. The minimum absolute atomic E-state index is 0.363. The lowest BCUT2D eigenvalue weighted by molar-refractivity contribution is -0.137. The van der Waals surface area contributed by atoms with Crippen LogP contribution in [0.25, 0.3) is 0 Å². The number of hydrazone groups is 1. The van der Waals surface area contributed by atoms with Crippen LogP contribution in [-0.2, 0) is 6.18 Å². The molecular weight excluding hydrogens is 369 g/mol. The third-order valence-electron chi connectivity index (χ3n) is 3.18. The molecular formula is C16H15F3N4S2. The molecule has 0 bridgehead atoms. The van der Waals surface area contributed by atoms with Gasteiger partial charge in [-0.25, -0.2) is 0 Å². The van der Waals surface area contributed by atoms with Crippen LogP contribution < -0.4 is 10.7 Å². The number of hydrogen-bond donors (Lipinski definition) is 3. The first-order chi connectivity index (χ1) is 11.8. The Morgan fingerprint density at radius 1 is 1.20 bits per heavy atom. The van der Waals surface area contributed by atoms with Crippen molar-refractivity contribution in [1.29, 1.82) is 0 Å². The molecule has 1 heterocycles. The van der Waals surface area contributed by atoms with Gasteiger partial charge in [0, 0.05) is 17.4 Å². The summed E-state index contributed by atoms with van der Waals surface area (Å²) in [6, 6.07) is 8.19. The van der Waals surface area contributed by atoms with Gasteiger partial charge in [-0.15, -0.1) is 0 Å². The van der Waals surface area contributed by atoms with E-state index in [9.17, 15) is 13.2 Å². The van der Waals surface area contributed by atoms with Gasteiger partial charge in [-0.1, -0.05) is 12.2 Å². The van der Waals surface area contributed by atoms with E-state index in [-0.39, 0.29) is 0 Å². The van der Waals surface area contributed by atoms with Crippen molar-refractivity contribution < 1.29 is 13.2 Å². The number of benzene rings is 1. The van der Waals surface area contributed by atoms with Crippen LogP contribution in [0.1, 0.15) is 23.7 Å². The highest BCUT2D eigenvalue weighted by molar-refractivity contribution is 7.81. The maximum absolute atomic E-state index is 12.6. The zero-order valence-electron chi connectivity index (χ0n) is 13.1. The molecule has 1 aromatic carbocycles. The van der Waals surface area contributed by atoms with Crippen LogP contribution in [0.2, 0.25) is 0 Å². The van der Waals surface area contributed by atoms with Crippen molar-refractivity contribution >= 4 is 41.2 Å². The second kappa shape index (κ2) is 8.30. The van der Waals surface area contributed by atoms with Gasteiger partial charge in [0.15, 0.2) is 0 Å². The van der Waals surface area contributed by atoms with Crippen molar-refractivity contribution in [2.24, 2.45) is 5.10 Å². The Balaban J connectivity index is 2.06. The zero-order chi connectivity index (χ0) is 18.4. The first-order valence-electron chi connectivity index (χ1n) is 7.14. The predicted octanol–water partition coefficient (Wildman–Crippen LogP) is 4.09. The normalized spacial score (nSPS) is 12.0. The van der Waals surface area contributed by atoms with E-state index in [1.807, 2.05) is 0 Å². The van der Waals surface area contributed by atoms with Crippen molar-refractivity contribution in [3.63, 3.8) is 0 Å². The van der Waals surface area contributed by atoms with Gasteiger partial charge in [0.1, 0.15) is 4.99 Å². The van der Waals surface area contributed by atoms with Gasteiger partial charge in [-0.2, -0.15) is 30.9 Å². The summed E-state index contributed by atoms with van der Waals surface area (Å²) in [5, 5.41) is 6.96. The summed E-state index contributed by atoms with van der Waals surface area (Å²) < 4.78 is 37.7. The number of thiocarbonyl (C=S) groups is 1. The molecule has 0 aliphatic heterocycles. The van der Waals surface area contributed by atoms with E-state index in [0.29, 0.717) is 33.5 Å². The average Bonchev–Trinajstić information content (AvgIpc) is 2.59. The molecule has 2 rings (SSSR count). The second-order valence-corrected chi connectivity index (χ2v) is 5.70. The molecule has 0 spiro atoms. The van der Waals surface area contributed by atoms with E-state index in [1.54, 1.807) is 25.3 Å². The number of alkyl halides is 3. The van der Waals surface area contributed by atoms with Gasteiger partial charge < -0.3 is 10.7 Å². The summed E-state index contributed by atoms with van der Waals surface area (Å²) in [5.74, 6) is 0.413. The number of nitrogens with one attached hydrogen (secondary N) is 2. The molecule has 0 unspecified atom stereocenters. The van der Waals surface area contributed by atoms with E-state index in [4.69, 9.17) is 12.2 Å². The van der Waals surface area contributed by atoms with Crippen LogP contribution in [0.3, 0.4) is 0 Å². The van der Waals surface area contributed by atoms with Gasteiger partial charge in [-0.3, -0.25) is 4.98 Å². The summed E-state index contributed by atoms with van der Waals surface area (Å²) in [5.41, 5.74) is 4.51. The molecule has 0 radical (unpaired) electrons. The fraction of sp³-hybridized carbons (Fsp3) is 0.188. The van der Waals surface area contributed by atoms with Crippen LogP contribution in [0, 0.1) is 0 Å². The molecule has 1 aromatic heterocycles. The Bertz CT molecular complexity index is 756. The standard InChI is InChI=1S/C16H15F3N4S2/c1-10(23-21-9-24)14-7-2-11(8-20-14)15(25)22-13-5-3-12(4-6-13)16(17,18)19/h2-8,21,24H,9H2,1H3,(H,22,25). The fourth-order valence-corrected chi connectivity index (χ4v) is 2.21. The molecule has 9 heteroatoms. The fourth-order valence-electron chi connectivity index (χ4n) is 1.90. The number of halogens is 3. The van der Waals surface area contributed by atoms with Crippen LogP contribution in [-0.4, -0.2) is 21.6 Å². The predicted molar refractivity (Wildman–Crippen MR) is 100 cm³/mol. The third-order valence-corrected chi connectivity index (χ3v) is 3.66. The van der Waals surface area contributed by atoms with Crippen molar-refractivity contribution in [3.8, 4) is 0 Å². The van der Waals surface area contributed by atoms with Crippen LogP contribution in [0.15, 0.2) is 47.7 Å². The van der Waals surface area contributed by atoms with E-state index in [0.717, 1.165) is 12.1 Å². The summed E-state index contributed by atoms with van der Waals surface area (Å²) in [7, 11) is 0. The lowest BCUT2D eigenvalue weighted by Crippen LogP contribution is -2.13. The molecule has 25 heavy (non-hydrogen) atoms. The largest absolute Gasteiger partial charge is 0.416 e. The first kappa shape index (κ1) is 19.2. The van der Waals surface area contributed by atoms with Gasteiger partial charge in [0.2, 0.25) is 0 Å². The molecule has 0 fully saturated rings. The summed E-state index contributed by atoms with van der Waals surface area (Å²) in [4.78, 5) is 4.63. The van der Waals surface area contributed by atoms with E-state index in [1.165, 1.54) is 12.1 Å². The minimum Gasteiger partial charge on any atom is -0.346 e. The molecule has 2 aromatic rings. The number of anilines is 1. The minimum atomic E-state index is -4.36. The van der Waals surface area contributed by atoms with Gasteiger partial charge in [0.25, 0.3) is 0 Å². The van der Waals surface area contributed by atoms with Crippen molar-refractivity contribution in [2.45, 2.75) is 13.1 Å². The first-order valence-corrected chi connectivity index (χ1v) is 8.18. The maximum Gasteiger partial charge on any atom is 0.416 e. The second-order valence-electron chi connectivity index (χ2n) is 4.97. The molecule has 0 amide bonds. The number of rotatable bonds is 5. The number of aromatic nitrogens is 1. The van der Waals surface area contributed by atoms with E-state index in [2.05, 4.69) is 33.5 Å². The maximum atomic E-state index is 12.6. The van der Waals surface area contributed by atoms with Crippen molar-refractivity contribution in [2.75, 3.05) is 11.2 Å². The molecule has 0 saturated heterocycles. The lowest BCUT2D eigenvalue weighted by Gasteiger charge is -2.10. The molecule has 4 nitrogen and oxygen atoms in total. The highest BCUT2D eigenvalue weighted by Crippen LogP contribution is 2.29. The Labute approximate surface area is 154 Å².